The topological polar surface area (TPSA) is 37.3 Å². The first-order valence-electron chi connectivity index (χ1n) is 6.04. The third kappa shape index (κ3) is 2.55. The fourth-order valence-electron chi connectivity index (χ4n) is 2.49. The fraction of sp³-hybridized carbons (Fsp3) is 0.500. The molecule has 0 unspecified atom stereocenters. The summed E-state index contributed by atoms with van der Waals surface area (Å²) in [6, 6.07) is 6.12. The Hall–Kier alpha value is -1.22. The number of carbonyl (C=O) groups excluding carboxylic acids is 1. The molecule has 1 fully saturated rings. The van der Waals surface area contributed by atoms with E-state index >= 15 is 0 Å². The van der Waals surface area contributed by atoms with Crippen LogP contribution in [0.1, 0.15) is 37.9 Å². The minimum atomic E-state index is -1.01. The molecule has 1 saturated carbocycles. The first kappa shape index (κ1) is 12.2. The zero-order valence-electron chi connectivity index (χ0n) is 9.90. The van der Waals surface area contributed by atoms with Gasteiger partial charge in [0.15, 0.2) is 0 Å². The van der Waals surface area contributed by atoms with Gasteiger partial charge in [0.05, 0.1) is 6.10 Å². The second-order valence-corrected chi connectivity index (χ2v) is 4.92. The summed E-state index contributed by atoms with van der Waals surface area (Å²) in [5.41, 5.74) is 0.236. The van der Waals surface area contributed by atoms with Crippen LogP contribution in [0.25, 0.3) is 0 Å². The lowest BCUT2D eigenvalue weighted by atomic mass is 9.77. The van der Waals surface area contributed by atoms with E-state index in [1.54, 1.807) is 18.2 Å². The van der Waals surface area contributed by atoms with Crippen molar-refractivity contribution in [3.8, 4) is 0 Å². The molecule has 2 rings (SSSR count). The molecule has 1 aromatic carbocycles. The Kier molecular flexibility index (Phi) is 3.57. The minimum Gasteiger partial charge on any atom is -0.388 e. The van der Waals surface area contributed by atoms with Crippen molar-refractivity contribution in [2.75, 3.05) is 0 Å². The monoisotopic (exact) mass is 236 g/mol. The predicted octanol–water partition coefficient (Wildman–Crippen LogP) is 2.86. The first-order chi connectivity index (χ1) is 8.09. The van der Waals surface area contributed by atoms with Crippen LogP contribution in [0.2, 0.25) is 0 Å². The van der Waals surface area contributed by atoms with Crippen LogP contribution in [0.4, 0.5) is 4.39 Å². The van der Waals surface area contributed by atoms with Gasteiger partial charge in [0, 0.05) is 17.9 Å². The maximum absolute atomic E-state index is 13.5. The van der Waals surface area contributed by atoms with Gasteiger partial charge in [-0.15, -0.1) is 0 Å². The molecular weight excluding hydrogens is 219 g/mol. The van der Waals surface area contributed by atoms with Crippen molar-refractivity contribution in [3.05, 3.63) is 35.6 Å². The van der Waals surface area contributed by atoms with Crippen LogP contribution in [-0.2, 0) is 4.79 Å². The van der Waals surface area contributed by atoms with E-state index in [1.165, 1.54) is 6.07 Å². The molecular formula is C14H17FO2. The zero-order valence-corrected chi connectivity index (χ0v) is 9.90. The number of rotatable bonds is 2. The molecule has 2 nitrogen and oxygen atoms in total. The largest absolute Gasteiger partial charge is 0.388 e. The van der Waals surface area contributed by atoms with Crippen LogP contribution in [0, 0.1) is 17.7 Å². The van der Waals surface area contributed by atoms with Crippen molar-refractivity contribution in [2.24, 2.45) is 11.8 Å². The Morgan fingerprint density at radius 1 is 1.41 bits per heavy atom. The lowest BCUT2D eigenvalue weighted by Gasteiger charge is -2.29. The van der Waals surface area contributed by atoms with E-state index in [0.717, 1.165) is 6.42 Å². The molecule has 0 aliphatic heterocycles. The Morgan fingerprint density at radius 3 is 2.82 bits per heavy atom. The number of Topliss-reactive ketones (excluding diaryl/α,β-unsaturated/α-hetero) is 1. The number of hydrogen-bond donors (Lipinski definition) is 1. The Bertz CT molecular complexity index is 416. The summed E-state index contributed by atoms with van der Waals surface area (Å²) < 4.78 is 13.5. The second-order valence-electron chi connectivity index (χ2n) is 4.92. The van der Waals surface area contributed by atoms with E-state index in [-0.39, 0.29) is 11.3 Å². The number of benzene rings is 1. The maximum Gasteiger partial charge on any atom is 0.138 e. The molecule has 0 heterocycles. The predicted molar refractivity (Wildman–Crippen MR) is 62.9 cm³/mol. The van der Waals surface area contributed by atoms with Crippen molar-refractivity contribution in [1.82, 2.24) is 0 Å². The number of halogens is 1. The smallest absolute Gasteiger partial charge is 0.138 e. The summed E-state index contributed by atoms with van der Waals surface area (Å²) in [5, 5.41) is 10.2. The Morgan fingerprint density at radius 2 is 2.12 bits per heavy atom. The first-order valence-corrected chi connectivity index (χ1v) is 6.04. The average molecular weight is 236 g/mol. The van der Waals surface area contributed by atoms with Crippen LogP contribution in [-0.4, -0.2) is 10.9 Å². The van der Waals surface area contributed by atoms with Crippen LogP contribution in [0.3, 0.4) is 0 Å². The average Bonchev–Trinajstić information content (AvgIpc) is 2.32. The molecule has 0 aromatic heterocycles. The zero-order chi connectivity index (χ0) is 12.4. The summed E-state index contributed by atoms with van der Waals surface area (Å²) in [7, 11) is 0. The highest BCUT2D eigenvalue weighted by Crippen LogP contribution is 2.35. The highest BCUT2D eigenvalue weighted by Gasteiger charge is 2.33. The van der Waals surface area contributed by atoms with Gasteiger partial charge in [-0.1, -0.05) is 25.1 Å². The number of aliphatic hydroxyl groups excluding tert-OH is 1. The summed E-state index contributed by atoms with van der Waals surface area (Å²) >= 11 is 0. The third-order valence-electron chi connectivity index (χ3n) is 3.56. The van der Waals surface area contributed by atoms with Gasteiger partial charge >= 0.3 is 0 Å². The van der Waals surface area contributed by atoms with Crippen molar-refractivity contribution >= 4 is 5.78 Å². The van der Waals surface area contributed by atoms with Gasteiger partial charge in [0.25, 0.3) is 0 Å². The van der Waals surface area contributed by atoms with E-state index < -0.39 is 17.8 Å². The Balaban J connectivity index is 2.22. The van der Waals surface area contributed by atoms with Crippen LogP contribution < -0.4 is 0 Å². The van der Waals surface area contributed by atoms with E-state index in [0.29, 0.717) is 18.8 Å². The molecule has 0 saturated heterocycles. The number of hydrogen-bond acceptors (Lipinski definition) is 2. The lowest BCUT2D eigenvalue weighted by molar-refractivity contribution is -0.129. The van der Waals surface area contributed by atoms with Crippen LogP contribution >= 0.6 is 0 Å². The molecule has 0 radical (unpaired) electrons. The third-order valence-corrected chi connectivity index (χ3v) is 3.56. The van der Waals surface area contributed by atoms with E-state index in [9.17, 15) is 14.3 Å². The molecule has 1 aromatic rings. The summed E-state index contributed by atoms with van der Waals surface area (Å²) in [6.45, 7) is 2.06. The fourth-order valence-corrected chi connectivity index (χ4v) is 2.49. The van der Waals surface area contributed by atoms with Gasteiger partial charge in [0.2, 0.25) is 0 Å². The van der Waals surface area contributed by atoms with E-state index in [4.69, 9.17) is 0 Å². The molecule has 0 spiro atoms. The second kappa shape index (κ2) is 4.96. The van der Waals surface area contributed by atoms with Gasteiger partial charge < -0.3 is 5.11 Å². The van der Waals surface area contributed by atoms with E-state index in [2.05, 4.69) is 6.92 Å². The van der Waals surface area contributed by atoms with Gasteiger partial charge in [-0.2, -0.15) is 0 Å². The van der Waals surface area contributed by atoms with Gasteiger partial charge in [-0.25, -0.2) is 4.39 Å². The van der Waals surface area contributed by atoms with Gasteiger partial charge in [-0.3, -0.25) is 4.79 Å². The molecule has 1 aliphatic carbocycles. The molecule has 17 heavy (non-hydrogen) atoms. The van der Waals surface area contributed by atoms with E-state index in [1.807, 2.05) is 0 Å². The van der Waals surface area contributed by atoms with Crippen molar-refractivity contribution in [3.63, 3.8) is 0 Å². The molecule has 92 valence electrons. The lowest BCUT2D eigenvalue weighted by Crippen LogP contribution is -2.29. The molecule has 1 aliphatic rings. The van der Waals surface area contributed by atoms with Crippen molar-refractivity contribution in [1.29, 1.82) is 0 Å². The normalized spacial score (nSPS) is 26.9. The molecule has 0 bridgehead atoms. The minimum absolute atomic E-state index is 0.0545. The van der Waals surface area contributed by atoms with Gasteiger partial charge in [-0.05, 0) is 24.8 Å². The van der Waals surface area contributed by atoms with Gasteiger partial charge in [0.1, 0.15) is 11.6 Å². The highest BCUT2D eigenvalue weighted by atomic mass is 19.1. The SMILES string of the molecule is C[C@H]1CCC(=O)[C@@H]([C@H](O)c2ccccc2F)C1. The van der Waals surface area contributed by atoms with Crippen molar-refractivity contribution in [2.45, 2.75) is 32.3 Å². The number of carbonyl (C=O) groups is 1. The summed E-state index contributed by atoms with van der Waals surface area (Å²) in [5.74, 6) is -0.417. The van der Waals surface area contributed by atoms with Crippen LogP contribution in [0.15, 0.2) is 24.3 Å². The number of aliphatic hydroxyl groups is 1. The number of ketones is 1. The molecule has 0 amide bonds. The van der Waals surface area contributed by atoms with Crippen LogP contribution in [0.5, 0.6) is 0 Å². The molecule has 1 N–H and O–H groups in total. The van der Waals surface area contributed by atoms with Crippen molar-refractivity contribution < 1.29 is 14.3 Å². The maximum atomic E-state index is 13.5. The highest BCUT2D eigenvalue weighted by molar-refractivity contribution is 5.82. The summed E-state index contributed by atoms with van der Waals surface area (Å²) in [6.07, 6.45) is 1.01. The molecule has 3 atom stereocenters. The quantitative estimate of drug-likeness (QED) is 0.857. The summed E-state index contributed by atoms with van der Waals surface area (Å²) in [4.78, 5) is 11.8. The Labute approximate surface area is 100 Å². The standard InChI is InChI=1S/C14H17FO2/c1-9-6-7-13(16)11(8-9)14(17)10-4-2-3-5-12(10)15/h2-5,9,11,14,17H,6-8H2,1H3/t9-,11-,14+/m0/s1. The molecule has 3 heteroatoms.